The van der Waals surface area contributed by atoms with E-state index in [2.05, 4.69) is 118 Å². The quantitative estimate of drug-likeness (QED) is 0.155. The topological polar surface area (TPSA) is 63.2 Å². The molecule has 0 amide bonds. The van der Waals surface area contributed by atoms with Gasteiger partial charge < -0.3 is 19.9 Å². The van der Waals surface area contributed by atoms with E-state index in [1.807, 2.05) is 0 Å². The summed E-state index contributed by atoms with van der Waals surface area (Å²) in [6.07, 6.45) is 15.6. The van der Waals surface area contributed by atoms with Gasteiger partial charge in [-0.15, -0.1) is 0 Å². The van der Waals surface area contributed by atoms with Crippen LogP contribution in [0.15, 0.2) is 0 Å². The molecule has 0 unspecified atom stereocenters. The number of H-pyrrole nitrogens is 4. The van der Waals surface area contributed by atoms with Gasteiger partial charge in [0.2, 0.25) is 0 Å². The number of aromatic amines is 4. The maximum absolute atomic E-state index is 3.84. The van der Waals surface area contributed by atoms with Crippen LogP contribution in [-0.2, 0) is 25.7 Å². The zero-order chi connectivity index (χ0) is 28.6. The molecule has 1 aliphatic rings. The van der Waals surface area contributed by atoms with Gasteiger partial charge in [0.25, 0.3) is 0 Å². The van der Waals surface area contributed by atoms with Crippen molar-refractivity contribution in [2.75, 3.05) is 10.7 Å². The predicted octanol–water partition coefficient (Wildman–Crippen LogP) is 5.64. The second-order valence-electron chi connectivity index (χ2n) is 11.1. The van der Waals surface area contributed by atoms with Gasteiger partial charge in [0.1, 0.15) is 0 Å². The van der Waals surface area contributed by atoms with Gasteiger partial charge >= 0.3 is 0 Å². The SMILES string of the molecule is CCc1c2[nH]c(c1C)C=c1[nH]c(c(CCCBr)c1C)=Cc1[nH]c(c(C)c1CCCBr)C=c1[nH]c(c(C)c1CC)=C2. The number of aromatic nitrogens is 4. The van der Waals surface area contributed by atoms with Crippen molar-refractivity contribution >= 4 is 56.2 Å². The standard InChI is InChI=1S/C34H42Br2N4/c1-7-23-19(3)27-15-28-21(5)25(11-9-13-35)33(39-28)18-34-26(12-10-14-36)22(6)30(40-34)17-32-24(8-2)20(4)29(38-32)16-31(23)37-27/h15-18,37-40H,7-14H2,1-6H3. The fourth-order valence-corrected chi connectivity index (χ4v) is 6.97. The van der Waals surface area contributed by atoms with Gasteiger partial charge in [0, 0.05) is 54.8 Å². The number of rotatable bonds is 8. The number of nitrogens with one attached hydrogen (secondary N) is 4. The summed E-state index contributed by atoms with van der Waals surface area (Å²) in [5.41, 5.74) is 15.7. The Bertz CT molecular complexity index is 1790. The van der Waals surface area contributed by atoms with Gasteiger partial charge in [-0.2, -0.15) is 0 Å². The molecule has 0 aliphatic carbocycles. The Kier molecular flexibility index (Phi) is 8.86. The molecular weight excluding hydrogens is 624 g/mol. The van der Waals surface area contributed by atoms with Crippen LogP contribution in [0.5, 0.6) is 0 Å². The van der Waals surface area contributed by atoms with Crippen LogP contribution in [0, 0.1) is 27.7 Å². The molecule has 212 valence electrons. The van der Waals surface area contributed by atoms with E-state index >= 15 is 0 Å². The second kappa shape index (κ2) is 12.2. The summed E-state index contributed by atoms with van der Waals surface area (Å²) in [6.45, 7) is 13.5. The number of hydrogen-bond acceptors (Lipinski definition) is 0. The summed E-state index contributed by atoms with van der Waals surface area (Å²) < 4.78 is 0. The van der Waals surface area contributed by atoms with Crippen molar-refractivity contribution in [3.8, 4) is 0 Å². The van der Waals surface area contributed by atoms with Gasteiger partial charge in [0.05, 0.1) is 0 Å². The van der Waals surface area contributed by atoms with Crippen molar-refractivity contribution in [3.63, 3.8) is 0 Å². The van der Waals surface area contributed by atoms with Gasteiger partial charge in [0.15, 0.2) is 0 Å². The lowest BCUT2D eigenvalue weighted by molar-refractivity contribution is 0.922. The van der Waals surface area contributed by atoms with E-state index in [0.29, 0.717) is 0 Å². The minimum absolute atomic E-state index is 0.988. The van der Waals surface area contributed by atoms with E-state index in [1.54, 1.807) is 0 Å². The van der Waals surface area contributed by atoms with Crippen LogP contribution in [-0.4, -0.2) is 30.6 Å². The molecule has 1 aliphatic heterocycles. The number of hydrogen-bond donors (Lipinski definition) is 4. The molecule has 4 nitrogen and oxygen atoms in total. The van der Waals surface area contributed by atoms with Crippen molar-refractivity contribution in [3.05, 3.63) is 88.7 Å². The maximum atomic E-state index is 3.84. The Morgan fingerprint density at radius 1 is 0.475 bits per heavy atom. The smallest absolute Gasteiger partial charge is 0.0441 e. The molecule has 0 radical (unpaired) electrons. The molecule has 0 spiro atoms. The van der Waals surface area contributed by atoms with Crippen LogP contribution in [0.1, 0.15) is 94.0 Å². The van der Waals surface area contributed by atoms with Crippen molar-refractivity contribution in [1.29, 1.82) is 0 Å². The average Bonchev–Trinajstić information content (AvgIpc) is 3.59. The first-order valence-corrected chi connectivity index (χ1v) is 16.9. The van der Waals surface area contributed by atoms with E-state index in [-0.39, 0.29) is 0 Å². The Morgan fingerprint density at radius 2 is 0.900 bits per heavy atom. The molecule has 0 saturated heterocycles. The number of fused-ring (bicyclic) bond motifs is 8. The van der Waals surface area contributed by atoms with Gasteiger partial charge in [-0.05, 0) is 135 Å². The minimum atomic E-state index is 0.988. The first-order valence-electron chi connectivity index (χ1n) is 14.7. The zero-order valence-corrected chi connectivity index (χ0v) is 27.9. The molecule has 6 heteroatoms. The molecule has 4 aromatic rings. The fraction of sp³-hybridized carbons (Fsp3) is 0.412. The van der Waals surface area contributed by atoms with E-state index in [9.17, 15) is 0 Å². The Morgan fingerprint density at radius 3 is 1.48 bits per heavy atom. The van der Waals surface area contributed by atoms with Crippen molar-refractivity contribution < 1.29 is 0 Å². The number of halogens is 2. The molecule has 5 rings (SSSR count). The lowest BCUT2D eigenvalue weighted by atomic mass is 10.0. The minimum Gasteiger partial charge on any atom is -0.355 e. The highest BCUT2D eigenvalue weighted by molar-refractivity contribution is 9.09. The molecule has 40 heavy (non-hydrogen) atoms. The van der Waals surface area contributed by atoms with Crippen molar-refractivity contribution in [1.82, 2.24) is 19.9 Å². The summed E-state index contributed by atoms with van der Waals surface area (Å²) in [6, 6.07) is 0. The maximum Gasteiger partial charge on any atom is 0.0441 e. The fourth-order valence-electron chi connectivity index (χ4n) is 6.41. The van der Waals surface area contributed by atoms with Crippen LogP contribution >= 0.6 is 31.9 Å². The molecule has 0 saturated carbocycles. The largest absolute Gasteiger partial charge is 0.355 e. The Hall–Kier alpha value is -2.44. The van der Waals surface area contributed by atoms with Crippen LogP contribution < -0.4 is 21.4 Å². The molecule has 8 bridgehead atoms. The van der Waals surface area contributed by atoms with Crippen LogP contribution in [0.2, 0.25) is 0 Å². The van der Waals surface area contributed by atoms with E-state index in [1.165, 1.54) is 88.7 Å². The van der Waals surface area contributed by atoms with Crippen molar-refractivity contribution in [2.24, 2.45) is 0 Å². The van der Waals surface area contributed by atoms with E-state index < -0.39 is 0 Å². The first-order chi connectivity index (χ1) is 19.3. The van der Waals surface area contributed by atoms with E-state index in [4.69, 9.17) is 0 Å². The highest BCUT2D eigenvalue weighted by atomic mass is 79.9. The van der Waals surface area contributed by atoms with Gasteiger partial charge in [-0.3, -0.25) is 0 Å². The van der Waals surface area contributed by atoms with Crippen LogP contribution in [0.4, 0.5) is 0 Å². The van der Waals surface area contributed by atoms with Gasteiger partial charge in [-0.25, -0.2) is 0 Å². The third-order valence-corrected chi connectivity index (χ3v) is 9.91. The Labute approximate surface area is 254 Å². The number of alkyl halides is 2. The van der Waals surface area contributed by atoms with Gasteiger partial charge in [-0.1, -0.05) is 45.7 Å². The van der Waals surface area contributed by atoms with Crippen LogP contribution in [0.3, 0.4) is 0 Å². The normalized spacial score (nSPS) is 12.6. The molecular formula is C34H42Br2N4. The molecule has 0 atom stereocenters. The molecule has 5 heterocycles. The zero-order valence-electron chi connectivity index (χ0n) is 24.7. The van der Waals surface area contributed by atoms with Crippen LogP contribution in [0.25, 0.3) is 24.3 Å². The molecule has 0 fully saturated rings. The third kappa shape index (κ3) is 5.30. The third-order valence-electron chi connectivity index (χ3n) is 8.79. The summed E-state index contributed by atoms with van der Waals surface area (Å²) in [5.74, 6) is 0. The molecule has 4 aromatic heterocycles. The monoisotopic (exact) mass is 664 g/mol. The Balaban J connectivity index is 1.91. The second-order valence-corrected chi connectivity index (χ2v) is 12.7. The highest BCUT2D eigenvalue weighted by Crippen LogP contribution is 2.23. The average molecular weight is 667 g/mol. The van der Waals surface area contributed by atoms with Crippen molar-refractivity contribution in [2.45, 2.75) is 80.1 Å². The molecule has 0 aromatic carbocycles. The predicted molar refractivity (Wildman–Crippen MR) is 178 cm³/mol. The molecule has 4 N–H and O–H groups in total. The lowest BCUT2D eigenvalue weighted by Gasteiger charge is -2.02. The summed E-state index contributed by atoms with van der Waals surface area (Å²) in [5, 5.41) is 6.78. The summed E-state index contributed by atoms with van der Waals surface area (Å²) >= 11 is 7.32. The summed E-state index contributed by atoms with van der Waals surface area (Å²) in [7, 11) is 0. The summed E-state index contributed by atoms with van der Waals surface area (Å²) in [4.78, 5) is 15.3. The lowest BCUT2D eigenvalue weighted by Crippen LogP contribution is -2.13. The first kappa shape index (κ1) is 29.1. The van der Waals surface area contributed by atoms with E-state index in [0.717, 1.165) is 49.2 Å². The highest BCUT2D eigenvalue weighted by Gasteiger charge is 2.16.